The monoisotopic (exact) mass is 265 g/mol. The van der Waals surface area contributed by atoms with Crippen molar-refractivity contribution in [1.29, 1.82) is 0 Å². The number of hydrogen-bond acceptors (Lipinski definition) is 3. The van der Waals surface area contributed by atoms with Crippen LogP contribution in [0.5, 0.6) is 5.75 Å². The molecule has 18 heavy (non-hydrogen) atoms. The van der Waals surface area contributed by atoms with Gasteiger partial charge in [-0.1, -0.05) is 11.6 Å². The van der Waals surface area contributed by atoms with E-state index < -0.39 is 0 Å². The molecule has 0 radical (unpaired) electrons. The number of aromatic nitrogens is 2. The second-order valence-corrected chi connectivity index (χ2v) is 4.68. The second-order valence-electron chi connectivity index (χ2n) is 4.24. The van der Waals surface area contributed by atoms with Crippen molar-refractivity contribution in [2.24, 2.45) is 12.8 Å². The highest BCUT2D eigenvalue weighted by molar-refractivity contribution is 6.30. The maximum atomic E-state index is 5.95. The SMILES string of the molecule is C[C@@H](N)c1cc(Cl)ccc1OCc1ccn(C)n1. The van der Waals surface area contributed by atoms with Crippen molar-refractivity contribution in [2.75, 3.05) is 0 Å². The van der Waals surface area contributed by atoms with E-state index in [4.69, 9.17) is 22.1 Å². The van der Waals surface area contributed by atoms with Gasteiger partial charge in [0.1, 0.15) is 12.4 Å². The lowest BCUT2D eigenvalue weighted by molar-refractivity contribution is 0.295. The number of aryl methyl sites for hydroxylation is 1. The Balaban J connectivity index is 2.13. The lowest BCUT2D eigenvalue weighted by Crippen LogP contribution is -2.08. The topological polar surface area (TPSA) is 53.1 Å². The number of nitrogens with two attached hydrogens (primary N) is 1. The Bertz CT molecular complexity index is 537. The second kappa shape index (κ2) is 5.42. The van der Waals surface area contributed by atoms with Gasteiger partial charge in [-0.3, -0.25) is 4.68 Å². The standard InChI is InChI=1S/C13H16ClN3O/c1-9(15)12-7-10(14)3-4-13(12)18-8-11-5-6-17(2)16-11/h3-7,9H,8,15H2,1-2H3/t9-/m1/s1. The summed E-state index contributed by atoms with van der Waals surface area (Å²) in [6, 6.07) is 7.26. The minimum Gasteiger partial charge on any atom is -0.487 e. The maximum Gasteiger partial charge on any atom is 0.132 e. The van der Waals surface area contributed by atoms with E-state index in [0.29, 0.717) is 11.6 Å². The molecule has 0 fully saturated rings. The molecule has 0 saturated carbocycles. The first-order valence-electron chi connectivity index (χ1n) is 5.72. The summed E-state index contributed by atoms with van der Waals surface area (Å²) in [6.45, 7) is 2.32. The molecule has 1 aromatic heterocycles. The van der Waals surface area contributed by atoms with Gasteiger partial charge in [-0.05, 0) is 31.2 Å². The van der Waals surface area contributed by atoms with Crippen molar-refractivity contribution in [3.05, 3.63) is 46.7 Å². The van der Waals surface area contributed by atoms with Gasteiger partial charge in [0.2, 0.25) is 0 Å². The summed E-state index contributed by atoms with van der Waals surface area (Å²) in [6.07, 6.45) is 1.88. The fourth-order valence-corrected chi connectivity index (χ4v) is 1.88. The molecule has 2 N–H and O–H groups in total. The minimum absolute atomic E-state index is 0.123. The van der Waals surface area contributed by atoms with Crippen LogP contribution in [0.4, 0.5) is 0 Å². The zero-order chi connectivity index (χ0) is 13.1. The third kappa shape index (κ3) is 3.03. The first-order chi connectivity index (χ1) is 8.56. The van der Waals surface area contributed by atoms with E-state index in [0.717, 1.165) is 17.0 Å². The van der Waals surface area contributed by atoms with Crippen molar-refractivity contribution >= 4 is 11.6 Å². The lowest BCUT2D eigenvalue weighted by Gasteiger charge is -2.13. The highest BCUT2D eigenvalue weighted by Gasteiger charge is 2.09. The van der Waals surface area contributed by atoms with E-state index in [1.165, 1.54) is 0 Å². The van der Waals surface area contributed by atoms with Gasteiger partial charge >= 0.3 is 0 Å². The van der Waals surface area contributed by atoms with E-state index in [2.05, 4.69) is 5.10 Å². The van der Waals surface area contributed by atoms with Crippen LogP contribution in [0, 0.1) is 0 Å². The Morgan fingerprint density at radius 3 is 2.83 bits per heavy atom. The van der Waals surface area contributed by atoms with E-state index in [1.807, 2.05) is 38.4 Å². The van der Waals surface area contributed by atoms with Gasteiger partial charge in [0, 0.05) is 29.9 Å². The molecule has 2 aromatic rings. The fourth-order valence-electron chi connectivity index (χ4n) is 1.70. The average Bonchev–Trinajstić information content (AvgIpc) is 2.73. The van der Waals surface area contributed by atoms with E-state index in [9.17, 15) is 0 Å². The normalized spacial score (nSPS) is 12.4. The van der Waals surface area contributed by atoms with Gasteiger partial charge < -0.3 is 10.5 Å². The summed E-state index contributed by atoms with van der Waals surface area (Å²) in [4.78, 5) is 0. The van der Waals surface area contributed by atoms with Gasteiger partial charge in [0.05, 0.1) is 5.69 Å². The number of ether oxygens (including phenoxy) is 1. The molecule has 0 aliphatic rings. The molecule has 1 aromatic carbocycles. The van der Waals surface area contributed by atoms with Gasteiger partial charge in [0.25, 0.3) is 0 Å². The molecular weight excluding hydrogens is 250 g/mol. The number of rotatable bonds is 4. The van der Waals surface area contributed by atoms with Crippen LogP contribution < -0.4 is 10.5 Å². The molecule has 1 atom stereocenters. The Kier molecular flexibility index (Phi) is 3.89. The van der Waals surface area contributed by atoms with Crippen LogP contribution in [-0.2, 0) is 13.7 Å². The molecule has 0 bridgehead atoms. The van der Waals surface area contributed by atoms with Crippen molar-refractivity contribution in [3.8, 4) is 5.75 Å². The molecule has 0 aliphatic heterocycles. The zero-order valence-corrected chi connectivity index (χ0v) is 11.2. The van der Waals surface area contributed by atoms with E-state index in [1.54, 1.807) is 10.7 Å². The first kappa shape index (κ1) is 12.9. The number of benzene rings is 1. The first-order valence-corrected chi connectivity index (χ1v) is 6.10. The Morgan fingerprint density at radius 1 is 1.44 bits per heavy atom. The smallest absolute Gasteiger partial charge is 0.132 e. The zero-order valence-electron chi connectivity index (χ0n) is 10.4. The van der Waals surface area contributed by atoms with Crippen LogP contribution in [0.1, 0.15) is 24.2 Å². The molecule has 1 heterocycles. The van der Waals surface area contributed by atoms with Crippen LogP contribution in [0.2, 0.25) is 5.02 Å². The third-order valence-electron chi connectivity index (χ3n) is 2.61. The maximum absolute atomic E-state index is 5.95. The summed E-state index contributed by atoms with van der Waals surface area (Å²) >= 11 is 5.95. The molecule has 0 spiro atoms. The summed E-state index contributed by atoms with van der Waals surface area (Å²) in [7, 11) is 1.87. The fraction of sp³-hybridized carbons (Fsp3) is 0.308. The van der Waals surface area contributed by atoms with Crippen molar-refractivity contribution < 1.29 is 4.74 Å². The number of hydrogen-bond donors (Lipinski definition) is 1. The Hall–Kier alpha value is -1.52. The summed E-state index contributed by atoms with van der Waals surface area (Å²) in [5.41, 5.74) is 7.68. The molecule has 0 unspecified atom stereocenters. The van der Waals surface area contributed by atoms with Gasteiger partial charge in [-0.15, -0.1) is 0 Å². The predicted molar refractivity (Wildman–Crippen MR) is 71.6 cm³/mol. The molecule has 0 amide bonds. The number of nitrogens with zero attached hydrogens (tertiary/aromatic N) is 2. The van der Waals surface area contributed by atoms with Gasteiger partial charge in [0.15, 0.2) is 0 Å². The van der Waals surface area contributed by atoms with Crippen LogP contribution in [0.15, 0.2) is 30.5 Å². The quantitative estimate of drug-likeness (QED) is 0.925. The highest BCUT2D eigenvalue weighted by atomic mass is 35.5. The van der Waals surface area contributed by atoms with Crippen molar-refractivity contribution in [2.45, 2.75) is 19.6 Å². The van der Waals surface area contributed by atoms with Crippen LogP contribution >= 0.6 is 11.6 Å². The molecule has 2 rings (SSSR count). The number of halogens is 1. The summed E-state index contributed by atoms with van der Waals surface area (Å²) < 4.78 is 7.48. The molecule has 5 heteroatoms. The summed E-state index contributed by atoms with van der Waals surface area (Å²) in [5.74, 6) is 0.750. The van der Waals surface area contributed by atoms with Gasteiger partial charge in [-0.2, -0.15) is 5.10 Å². The molecular formula is C13H16ClN3O. The highest BCUT2D eigenvalue weighted by Crippen LogP contribution is 2.27. The molecule has 96 valence electrons. The van der Waals surface area contributed by atoms with Crippen LogP contribution in [0.25, 0.3) is 0 Å². The molecule has 0 saturated heterocycles. The average molecular weight is 266 g/mol. The third-order valence-corrected chi connectivity index (χ3v) is 2.84. The lowest BCUT2D eigenvalue weighted by atomic mass is 10.1. The van der Waals surface area contributed by atoms with Crippen molar-refractivity contribution in [1.82, 2.24) is 9.78 Å². The molecule has 4 nitrogen and oxygen atoms in total. The predicted octanol–water partition coefficient (Wildman–Crippen LogP) is 2.67. The van der Waals surface area contributed by atoms with Crippen molar-refractivity contribution in [3.63, 3.8) is 0 Å². The van der Waals surface area contributed by atoms with Crippen LogP contribution in [-0.4, -0.2) is 9.78 Å². The van der Waals surface area contributed by atoms with E-state index >= 15 is 0 Å². The Morgan fingerprint density at radius 2 is 2.22 bits per heavy atom. The van der Waals surface area contributed by atoms with Crippen LogP contribution in [0.3, 0.4) is 0 Å². The summed E-state index contributed by atoms with van der Waals surface area (Å²) in [5, 5.41) is 4.91. The van der Waals surface area contributed by atoms with Gasteiger partial charge in [-0.25, -0.2) is 0 Å². The minimum atomic E-state index is -0.123. The molecule has 0 aliphatic carbocycles. The Labute approximate surface area is 111 Å². The largest absolute Gasteiger partial charge is 0.487 e. The van der Waals surface area contributed by atoms with E-state index in [-0.39, 0.29) is 6.04 Å².